The first kappa shape index (κ1) is 14.4. The maximum Gasteiger partial charge on any atom is 0.416 e. The van der Waals surface area contributed by atoms with E-state index in [1.165, 1.54) is 12.1 Å². The fourth-order valence-electron chi connectivity index (χ4n) is 2.25. The van der Waals surface area contributed by atoms with Gasteiger partial charge in [-0.1, -0.05) is 24.3 Å². The van der Waals surface area contributed by atoms with Crippen LogP contribution in [0, 0.1) is 0 Å². The van der Waals surface area contributed by atoms with Crippen LogP contribution in [0.2, 0.25) is 0 Å². The number of Topliss-reactive ketones (excluding diaryl/α,β-unsaturated/α-hetero) is 1. The maximum absolute atomic E-state index is 12.5. The molecule has 0 saturated heterocycles. The average Bonchev–Trinajstić information content (AvgIpc) is 2.50. The van der Waals surface area contributed by atoms with Gasteiger partial charge < -0.3 is 4.74 Å². The monoisotopic (exact) mass is 304 g/mol. The second-order valence-electron chi connectivity index (χ2n) is 4.90. The molecule has 0 bridgehead atoms. The van der Waals surface area contributed by atoms with Gasteiger partial charge in [-0.2, -0.15) is 13.2 Å². The molecule has 3 rings (SSSR count). The van der Waals surface area contributed by atoms with Crippen LogP contribution in [0.1, 0.15) is 21.5 Å². The van der Waals surface area contributed by atoms with Gasteiger partial charge in [0.2, 0.25) is 0 Å². The second-order valence-corrected chi connectivity index (χ2v) is 4.90. The van der Waals surface area contributed by atoms with E-state index in [0.717, 1.165) is 12.1 Å². The van der Waals surface area contributed by atoms with E-state index in [-0.39, 0.29) is 12.4 Å². The fourth-order valence-corrected chi connectivity index (χ4v) is 2.25. The molecule has 0 atom stereocenters. The number of alkyl halides is 3. The van der Waals surface area contributed by atoms with Crippen LogP contribution in [0.3, 0.4) is 0 Å². The minimum atomic E-state index is -4.37. The van der Waals surface area contributed by atoms with Crippen molar-refractivity contribution < 1.29 is 22.7 Å². The van der Waals surface area contributed by atoms with Crippen molar-refractivity contribution in [3.8, 4) is 5.75 Å². The van der Waals surface area contributed by atoms with Crippen LogP contribution in [-0.4, -0.2) is 12.4 Å². The zero-order valence-electron chi connectivity index (χ0n) is 11.4. The first-order chi connectivity index (χ1) is 10.4. The summed E-state index contributed by atoms with van der Waals surface area (Å²) in [6, 6.07) is 11.5. The normalized spacial score (nSPS) is 16.3. The summed E-state index contributed by atoms with van der Waals surface area (Å²) in [5.74, 6) is 0.360. The van der Waals surface area contributed by atoms with Crippen molar-refractivity contribution in [2.24, 2.45) is 0 Å². The lowest BCUT2D eigenvalue weighted by molar-refractivity contribution is -0.137. The number of hydrogen-bond donors (Lipinski definition) is 0. The molecule has 2 aromatic carbocycles. The molecule has 1 aliphatic rings. The maximum atomic E-state index is 12.5. The third-order valence-corrected chi connectivity index (χ3v) is 3.39. The van der Waals surface area contributed by atoms with Crippen molar-refractivity contribution in [3.05, 3.63) is 70.8 Å². The number of halogens is 3. The van der Waals surface area contributed by atoms with Gasteiger partial charge in [0, 0.05) is 5.57 Å². The van der Waals surface area contributed by atoms with Gasteiger partial charge in [0.1, 0.15) is 12.4 Å². The molecule has 112 valence electrons. The SMILES string of the molecule is O=C1/C(=C/c2ccc(C(F)(F)F)cc2)COc2ccccc21. The molecule has 0 radical (unpaired) electrons. The molecule has 0 unspecified atom stereocenters. The Labute approximate surface area is 124 Å². The van der Waals surface area contributed by atoms with Crippen molar-refractivity contribution in [3.63, 3.8) is 0 Å². The third-order valence-electron chi connectivity index (χ3n) is 3.39. The molecule has 0 fully saturated rings. The third kappa shape index (κ3) is 2.74. The second kappa shape index (κ2) is 5.33. The zero-order valence-corrected chi connectivity index (χ0v) is 11.4. The van der Waals surface area contributed by atoms with Gasteiger partial charge in [0.15, 0.2) is 5.78 Å². The van der Waals surface area contributed by atoms with E-state index in [1.54, 1.807) is 30.3 Å². The Morgan fingerprint density at radius 2 is 1.68 bits per heavy atom. The van der Waals surface area contributed by atoms with Crippen molar-refractivity contribution in [2.75, 3.05) is 6.61 Å². The highest BCUT2D eigenvalue weighted by Crippen LogP contribution is 2.30. The van der Waals surface area contributed by atoms with E-state index >= 15 is 0 Å². The number of benzene rings is 2. The summed E-state index contributed by atoms with van der Waals surface area (Å²) in [5.41, 5.74) is 0.691. The predicted octanol–water partition coefficient (Wildman–Crippen LogP) is 4.36. The molecule has 0 spiro atoms. The van der Waals surface area contributed by atoms with Gasteiger partial charge >= 0.3 is 6.18 Å². The van der Waals surface area contributed by atoms with Crippen LogP contribution in [0.5, 0.6) is 5.75 Å². The lowest BCUT2D eigenvalue weighted by Gasteiger charge is -2.18. The summed E-state index contributed by atoms with van der Waals surface area (Å²) in [6.07, 6.45) is -2.81. The molecule has 1 heterocycles. The van der Waals surface area contributed by atoms with E-state index in [0.29, 0.717) is 22.4 Å². The molecule has 0 saturated carbocycles. The van der Waals surface area contributed by atoms with E-state index < -0.39 is 11.7 Å². The molecule has 1 aliphatic heterocycles. The Morgan fingerprint density at radius 1 is 1.00 bits per heavy atom. The first-order valence-corrected chi connectivity index (χ1v) is 6.59. The van der Waals surface area contributed by atoms with Crippen molar-refractivity contribution in [1.82, 2.24) is 0 Å². The van der Waals surface area contributed by atoms with Crippen LogP contribution in [0.4, 0.5) is 13.2 Å². The summed E-state index contributed by atoms with van der Waals surface area (Å²) in [4.78, 5) is 12.3. The average molecular weight is 304 g/mol. The van der Waals surface area contributed by atoms with Gasteiger partial charge in [-0.25, -0.2) is 0 Å². The fraction of sp³-hybridized carbons (Fsp3) is 0.118. The topological polar surface area (TPSA) is 26.3 Å². The minimum absolute atomic E-state index is 0.108. The molecular formula is C17H11F3O2. The lowest BCUT2D eigenvalue weighted by Crippen LogP contribution is -2.18. The first-order valence-electron chi connectivity index (χ1n) is 6.59. The number of ether oxygens (including phenoxy) is 1. The Bertz CT molecular complexity index is 743. The molecule has 22 heavy (non-hydrogen) atoms. The van der Waals surface area contributed by atoms with Gasteiger partial charge in [-0.05, 0) is 35.9 Å². The Balaban J connectivity index is 1.89. The van der Waals surface area contributed by atoms with Gasteiger partial charge in [-0.3, -0.25) is 4.79 Å². The highest BCUT2D eigenvalue weighted by atomic mass is 19.4. The summed E-state index contributed by atoms with van der Waals surface area (Å²) in [5, 5.41) is 0. The van der Waals surface area contributed by atoms with Crippen LogP contribution in [-0.2, 0) is 6.18 Å². The number of carbonyl (C=O) groups is 1. The van der Waals surface area contributed by atoms with Crippen LogP contribution in [0.25, 0.3) is 6.08 Å². The molecule has 0 N–H and O–H groups in total. The smallest absolute Gasteiger partial charge is 0.416 e. The largest absolute Gasteiger partial charge is 0.488 e. The molecule has 0 aliphatic carbocycles. The number of ketones is 1. The summed E-state index contributed by atoms with van der Waals surface area (Å²) < 4.78 is 43.0. The molecule has 5 heteroatoms. The molecule has 0 aromatic heterocycles. The number of fused-ring (bicyclic) bond motifs is 1. The standard InChI is InChI=1S/C17H11F3O2/c18-17(19,20)13-7-5-11(6-8-13)9-12-10-22-15-4-2-1-3-14(15)16(12)21/h1-9H,10H2/b12-9+. The van der Waals surface area contributed by atoms with Gasteiger partial charge in [0.25, 0.3) is 0 Å². The quantitative estimate of drug-likeness (QED) is 0.732. The molecule has 0 amide bonds. The Morgan fingerprint density at radius 3 is 2.36 bits per heavy atom. The van der Waals surface area contributed by atoms with Crippen LogP contribution < -0.4 is 4.74 Å². The van der Waals surface area contributed by atoms with Gasteiger partial charge in [-0.15, -0.1) is 0 Å². The van der Waals surface area contributed by atoms with E-state index in [2.05, 4.69) is 0 Å². The Hall–Kier alpha value is -2.56. The van der Waals surface area contributed by atoms with Crippen LogP contribution in [0.15, 0.2) is 54.1 Å². The summed E-state index contributed by atoms with van der Waals surface area (Å²) in [7, 11) is 0. The summed E-state index contributed by atoms with van der Waals surface area (Å²) in [6.45, 7) is 0.108. The van der Waals surface area contributed by atoms with Crippen LogP contribution >= 0.6 is 0 Å². The predicted molar refractivity (Wildman–Crippen MR) is 75.7 cm³/mol. The van der Waals surface area contributed by atoms with E-state index in [4.69, 9.17) is 4.74 Å². The zero-order chi connectivity index (χ0) is 15.7. The molecular weight excluding hydrogens is 293 g/mol. The highest BCUT2D eigenvalue weighted by Gasteiger charge is 2.30. The highest BCUT2D eigenvalue weighted by molar-refractivity contribution is 6.14. The minimum Gasteiger partial charge on any atom is -0.488 e. The number of carbonyl (C=O) groups excluding carboxylic acids is 1. The number of rotatable bonds is 1. The van der Waals surface area contributed by atoms with Crippen molar-refractivity contribution in [1.29, 1.82) is 0 Å². The van der Waals surface area contributed by atoms with E-state index in [9.17, 15) is 18.0 Å². The number of para-hydroxylation sites is 1. The molecule has 2 aromatic rings. The van der Waals surface area contributed by atoms with Crippen molar-refractivity contribution >= 4 is 11.9 Å². The van der Waals surface area contributed by atoms with E-state index in [1.807, 2.05) is 0 Å². The van der Waals surface area contributed by atoms with Gasteiger partial charge in [0.05, 0.1) is 11.1 Å². The van der Waals surface area contributed by atoms with Crippen molar-refractivity contribution in [2.45, 2.75) is 6.18 Å². The molecule has 2 nitrogen and oxygen atoms in total. The summed E-state index contributed by atoms with van der Waals surface area (Å²) >= 11 is 0. The number of hydrogen-bond acceptors (Lipinski definition) is 2. The Kier molecular flexibility index (Phi) is 3.48. The lowest BCUT2D eigenvalue weighted by atomic mass is 9.98.